The van der Waals surface area contributed by atoms with Gasteiger partial charge in [0, 0.05) is 26.7 Å². The van der Waals surface area contributed by atoms with E-state index in [1.54, 1.807) is 29.2 Å². The molecule has 1 fully saturated rings. The molecular formula is C21H24N6O3. The molecule has 9 nitrogen and oxygen atoms in total. The molecule has 1 amide bonds. The fourth-order valence-electron chi connectivity index (χ4n) is 3.51. The quantitative estimate of drug-likeness (QED) is 0.629. The topological polar surface area (TPSA) is 93.5 Å². The predicted octanol–water partition coefficient (Wildman–Crippen LogP) is 1.32. The number of benzene rings is 1. The minimum absolute atomic E-state index is 0.0409. The SMILES string of the molecule is CN(C)c1ccc(OC2CCCN(C(=O)Cn3cnc4ccccc4c3=O)C2)nn1. The highest BCUT2D eigenvalue weighted by atomic mass is 16.5. The number of aromatic nitrogens is 4. The summed E-state index contributed by atoms with van der Waals surface area (Å²) in [5.74, 6) is 1.06. The van der Waals surface area contributed by atoms with Crippen molar-refractivity contribution in [2.24, 2.45) is 0 Å². The molecule has 0 radical (unpaired) electrons. The number of anilines is 1. The Morgan fingerprint density at radius 2 is 2.03 bits per heavy atom. The molecule has 9 heteroatoms. The summed E-state index contributed by atoms with van der Waals surface area (Å²) in [7, 11) is 3.79. The standard InChI is InChI=1S/C21H24N6O3/c1-25(2)18-9-10-19(24-23-18)30-15-6-5-11-26(12-15)20(28)13-27-14-22-17-8-4-3-7-16(17)21(27)29/h3-4,7-10,14-15H,5-6,11-13H2,1-2H3. The van der Waals surface area contributed by atoms with Crippen molar-refractivity contribution in [2.75, 3.05) is 32.1 Å². The van der Waals surface area contributed by atoms with Crippen LogP contribution >= 0.6 is 0 Å². The Hall–Kier alpha value is -3.49. The minimum Gasteiger partial charge on any atom is -0.471 e. The van der Waals surface area contributed by atoms with Crippen LogP contribution in [0.1, 0.15) is 12.8 Å². The van der Waals surface area contributed by atoms with Gasteiger partial charge in [0.2, 0.25) is 11.8 Å². The van der Waals surface area contributed by atoms with Crippen LogP contribution in [0.5, 0.6) is 5.88 Å². The van der Waals surface area contributed by atoms with E-state index >= 15 is 0 Å². The van der Waals surface area contributed by atoms with Crippen LogP contribution in [0.2, 0.25) is 0 Å². The Labute approximate surface area is 173 Å². The molecule has 1 unspecified atom stereocenters. The Balaban J connectivity index is 1.41. The average molecular weight is 408 g/mol. The van der Waals surface area contributed by atoms with Crippen molar-refractivity contribution in [1.82, 2.24) is 24.6 Å². The molecule has 156 valence electrons. The summed E-state index contributed by atoms with van der Waals surface area (Å²) in [4.78, 5) is 33.3. The normalized spacial score (nSPS) is 16.5. The Morgan fingerprint density at radius 1 is 1.20 bits per heavy atom. The van der Waals surface area contributed by atoms with E-state index in [1.165, 1.54) is 10.9 Å². The van der Waals surface area contributed by atoms with E-state index in [4.69, 9.17) is 4.74 Å². The van der Waals surface area contributed by atoms with Gasteiger partial charge in [-0.3, -0.25) is 14.2 Å². The van der Waals surface area contributed by atoms with Crippen molar-refractivity contribution in [3.8, 4) is 5.88 Å². The molecule has 0 aliphatic carbocycles. The average Bonchev–Trinajstić information content (AvgIpc) is 2.76. The van der Waals surface area contributed by atoms with Gasteiger partial charge in [-0.05, 0) is 31.0 Å². The highest BCUT2D eigenvalue weighted by Crippen LogP contribution is 2.18. The summed E-state index contributed by atoms with van der Waals surface area (Å²) in [5.41, 5.74) is 0.411. The first-order valence-electron chi connectivity index (χ1n) is 9.91. The van der Waals surface area contributed by atoms with Gasteiger partial charge < -0.3 is 14.5 Å². The molecule has 0 spiro atoms. The molecule has 0 N–H and O–H groups in total. The number of likely N-dealkylation sites (tertiary alicyclic amines) is 1. The van der Waals surface area contributed by atoms with Crippen molar-refractivity contribution in [3.63, 3.8) is 0 Å². The van der Waals surface area contributed by atoms with Gasteiger partial charge >= 0.3 is 0 Å². The monoisotopic (exact) mass is 408 g/mol. The lowest BCUT2D eigenvalue weighted by Gasteiger charge is -2.32. The van der Waals surface area contributed by atoms with Crippen LogP contribution in [0.3, 0.4) is 0 Å². The van der Waals surface area contributed by atoms with Gasteiger partial charge in [0.05, 0.1) is 23.8 Å². The molecule has 1 atom stereocenters. The Morgan fingerprint density at radius 3 is 2.80 bits per heavy atom. The number of ether oxygens (including phenoxy) is 1. The second-order valence-electron chi connectivity index (χ2n) is 7.54. The Kier molecular flexibility index (Phi) is 5.60. The molecular weight excluding hydrogens is 384 g/mol. The van der Waals surface area contributed by atoms with Crippen LogP contribution in [0.25, 0.3) is 10.9 Å². The van der Waals surface area contributed by atoms with Crippen LogP contribution in [0, 0.1) is 0 Å². The molecule has 3 heterocycles. The molecule has 2 aromatic heterocycles. The minimum atomic E-state index is -0.213. The van der Waals surface area contributed by atoms with E-state index in [0.29, 0.717) is 29.9 Å². The van der Waals surface area contributed by atoms with Gasteiger partial charge in [0.25, 0.3) is 5.56 Å². The Bertz CT molecular complexity index is 1100. The second-order valence-corrected chi connectivity index (χ2v) is 7.54. The zero-order valence-corrected chi connectivity index (χ0v) is 17.1. The third kappa shape index (κ3) is 4.24. The number of rotatable bonds is 5. The van der Waals surface area contributed by atoms with E-state index < -0.39 is 0 Å². The van der Waals surface area contributed by atoms with Gasteiger partial charge in [-0.2, -0.15) is 0 Å². The smallest absolute Gasteiger partial charge is 0.261 e. The van der Waals surface area contributed by atoms with Crippen molar-refractivity contribution >= 4 is 22.6 Å². The molecule has 30 heavy (non-hydrogen) atoms. The van der Waals surface area contributed by atoms with Gasteiger partial charge in [0.1, 0.15) is 12.6 Å². The molecule has 0 bridgehead atoms. The van der Waals surface area contributed by atoms with E-state index in [9.17, 15) is 9.59 Å². The molecule has 1 aromatic carbocycles. The lowest BCUT2D eigenvalue weighted by atomic mass is 10.1. The van der Waals surface area contributed by atoms with Crippen molar-refractivity contribution in [3.05, 3.63) is 53.1 Å². The molecule has 4 rings (SSSR count). The maximum atomic E-state index is 12.8. The maximum Gasteiger partial charge on any atom is 0.261 e. The van der Waals surface area contributed by atoms with E-state index in [2.05, 4.69) is 15.2 Å². The molecule has 1 aliphatic rings. The molecule has 3 aromatic rings. The fourth-order valence-corrected chi connectivity index (χ4v) is 3.51. The van der Waals surface area contributed by atoms with E-state index in [-0.39, 0.29) is 24.1 Å². The molecule has 1 saturated heterocycles. The second kappa shape index (κ2) is 8.48. The first kappa shape index (κ1) is 19.8. The zero-order valence-electron chi connectivity index (χ0n) is 17.1. The van der Waals surface area contributed by atoms with Crippen LogP contribution in [0.4, 0.5) is 5.82 Å². The number of hydrogen-bond donors (Lipinski definition) is 0. The highest BCUT2D eigenvalue weighted by molar-refractivity contribution is 5.79. The summed E-state index contributed by atoms with van der Waals surface area (Å²) >= 11 is 0. The number of hydrogen-bond acceptors (Lipinski definition) is 7. The molecule has 0 saturated carbocycles. The summed E-state index contributed by atoms with van der Waals surface area (Å²) in [6, 6.07) is 10.7. The van der Waals surface area contributed by atoms with Gasteiger partial charge in [-0.25, -0.2) is 4.98 Å². The largest absolute Gasteiger partial charge is 0.471 e. The summed E-state index contributed by atoms with van der Waals surface area (Å²) in [6.45, 7) is 1.05. The van der Waals surface area contributed by atoms with Crippen LogP contribution in [-0.2, 0) is 11.3 Å². The van der Waals surface area contributed by atoms with Crippen molar-refractivity contribution in [1.29, 1.82) is 0 Å². The fraction of sp³-hybridized carbons (Fsp3) is 0.381. The highest BCUT2D eigenvalue weighted by Gasteiger charge is 2.25. The first-order chi connectivity index (χ1) is 14.5. The van der Waals surface area contributed by atoms with E-state index in [0.717, 1.165) is 18.7 Å². The van der Waals surface area contributed by atoms with Crippen molar-refractivity contribution in [2.45, 2.75) is 25.5 Å². The van der Waals surface area contributed by atoms with Gasteiger partial charge in [-0.1, -0.05) is 12.1 Å². The predicted molar refractivity (Wildman–Crippen MR) is 113 cm³/mol. The van der Waals surface area contributed by atoms with Crippen LogP contribution < -0.4 is 15.2 Å². The third-order valence-corrected chi connectivity index (χ3v) is 5.14. The number of carbonyl (C=O) groups excluding carboxylic acids is 1. The first-order valence-corrected chi connectivity index (χ1v) is 9.91. The summed E-state index contributed by atoms with van der Waals surface area (Å²) in [6.07, 6.45) is 2.93. The van der Waals surface area contributed by atoms with Crippen LogP contribution in [-0.4, -0.2) is 63.8 Å². The van der Waals surface area contributed by atoms with Crippen LogP contribution in [0.15, 0.2) is 47.5 Å². The number of amides is 1. The molecule has 1 aliphatic heterocycles. The number of carbonyl (C=O) groups is 1. The third-order valence-electron chi connectivity index (χ3n) is 5.14. The van der Waals surface area contributed by atoms with Gasteiger partial charge in [0.15, 0.2) is 5.82 Å². The van der Waals surface area contributed by atoms with E-state index in [1.807, 2.05) is 31.1 Å². The summed E-state index contributed by atoms with van der Waals surface area (Å²) < 4.78 is 7.30. The van der Waals surface area contributed by atoms with Gasteiger partial charge in [-0.15, -0.1) is 10.2 Å². The lowest BCUT2D eigenvalue weighted by Crippen LogP contribution is -2.46. The van der Waals surface area contributed by atoms with Crippen molar-refractivity contribution < 1.29 is 9.53 Å². The lowest BCUT2D eigenvalue weighted by molar-refractivity contribution is -0.134. The summed E-state index contributed by atoms with van der Waals surface area (Å²) in [5, 5.41) is 8.72. The number of para-hydroxylation sites is 1. The number of nitrogens with zero attached hydrogens (tertiary/aromatic N) is 6. The zero-order chi connectivity index (χ0) is 21.1. The number of fused-ring (bicyclic) bond motifs is 1. The number of piperidine rings is 1. The maximum absolute atomic E-state index is 12.8.